The SMILES string of the molecule is CCCCCCCC(CCCCCCC)(CCCCCCC)[N+](C)(C)CCCCCCC.[Br-]. The Labute approximate surface area is 222 Å². The minimum absolute atomic E-state index is 0. The highest BCUT2D eigenvalue weighted by molar-refractivity contribution is 4.82. The van der Waals surface area contributed by atoms with Crippen LogP contribution in [-0.2, 0) is 0 Å². The normalized spacial score (nSPS) is 12.2. The standard InChI is InChI=1S/C31H66N.BrH/c1-7-11-15-19-23-27-31(28-24-20-16-12-8-2,29-25-21-17-13-9-3)32(5,6)30-26-22-18-14-10-4;/h7-30H2,1-6H3;1H/q+1;/p-1. The monoisotopic (exact) mass is 531 g/mol. The summed E-state index contributed by atoms with van der Waals surface area (Å²) in [6, 6.07) is 0. The summed E-state index contributed by atoms with van der Waals surface area (Å²) in [5, 5.41) is 0. The molecule has 0 aliphatic carbocycles. The van der Waals surface area contributed by atoms with Gasteiger partial charge in [0.15, 0.2) is 0 Å². The number of rotatable bonds is 25. The van der Waals surface area contributed by atoms with E-state index in [9.17, 15) is 0 Å². The zero-order valence-electron chi connectivity index (χ0n) is 24.3. The van der Waals surface area contributed by atoms with E-state index in [1.807, 2.05) is 0 Å². The van der Waals surface area contributed by atoms with Gasteiger partial charge in [-0.2, -0.15) is 0 Å². The van der Waals surface area contributed by atoms with Crippen LogP contribution >= 0.6 is 0 Å². The topological polar surface area (TPSA) is 0 Å². The zero-order chi connectivity index (χ0) is 24.0. The molecule has 0 aromatic rings. The number of hydrogen-bond acceptors (Lipinski definition) is 0. The summed E-state index contributed by atoms with van der Waals surface area (Å²) < 4.78 is 1.29. The van der Waals surface area contributed by atoms with Crippen molar-refractivity contribution in [3.8, 4) is 0 Å². The molecular weight excluding hydrogens is 466 g/mol. The van der Waals surface area contributed by atoms with E-state index in [1.54, 1.807) is 0 Å². The lowest BCUT2D eigenvalue weighted by atomic mass is 9.78. The summed E-state index contributed by atoms with van der Waals surface area (Å²) in [4.78, 5) is 0. The van der Waals surface area contributed by atoms with Crippen LogP contribution in [0.3, 0.4) is 0 Å². The lowest BCUT2D eigenvalue weighted by Crippen LogP contribution is -3.00. The molecule has 0 unspecified atom stereocenters. The number of nitrogens with zero attached hydrogens (tertiary/aromatic N) is 1. The minimum Gasteiger partial charge on any atom is -1.00 e. The summed E-state index contributed by atoms with van der Waals surface area (Å²) >= 11 is 0. The molecule has 1 nitrogen and oxygen atoms in total. The largest absolute Gasteiger partial charge is 1.00 e. The summed E-state index contributed by atoms with van der Waals surface area (Å²) in [5.74, 6) is 0. The fraction of sp³-hybridized carbons (Fsp3) is 1.00. The van der Waals surface area contributed by atoms with Gasteiger partial charge in [-0.05, 0) is 32.1 Å². The van der Waals surface area contributed by atoms with E-state index in [-0.39, 0.29) is 17.0 Å². The Morgan fingerprint density at radius 1 is 0.394 bits per heavy atom. The average molecular weight is 533 g/mol. The molecule has 0 rings (SSSR count). The summed E-state index contributed by atoms with van der Waals surface area (Å²) in [6.45, 7) is 10.8. The van der Waals surface area contributed by atoms with Gasteiger partial charge < -0.3 is 21.5 Å². The summed E-state index contributed by atoms with van der Waals surface area (Å²) in [5.41, 5.74) is 0.523. The molecule has 0 aromatic carbocycles. The third-order valence-electron chi connectivity index (χ3n) is 8.34. The Morgan fingerprint density at radius 2 is 0.667 bits per heavy atom. The second-order valence-corrected chi connectivity index (χ2v) is 11.5. The van der Waals surface area contributed by atoms with Crippen LogP contribution in [0.1, 0.15) is 175 Å². The third-order valence-corrected chi connectivity index (χ3v) is 8.34. The highest BCUT2D eigenvalue weighted by Gasteiger charge is 2.43. The smallest absolute Gasteiger partial charge is 0.0988 e. The molecule has 0 saturated carbocycles. The first kappa shape index (κ1) is 35.6. The Balaban J connectivity index is 0. The van der Waals surface area contributed by atoms with E-state index < -0.39 is 0 Å². The molecule has 0 radical (unpaired) electrons. The van der Waals surface area contributed by atoms with Gasteiger partial charge in [0.2, 0.25) is 0 Å². The van der Waals surface area contributed by atoms with Crippen molar-refractivity contribution in [2.75, 3.05) is 20.6 Å². The molecule has 2 heteroatoms. The van der Waals surface area contributed by atoms with Gasteiger partial charge in [-0.1, -0.05) is 124 Å². The molecule has 202 valence electrons. The zero-order valence-corrected chi connectivity index (χ0v) is 25.9. The maximum absolute atomic E-state index is 2.62. The maximum Gasteiger partial charge on any atom is 0.0988 e. The average Bonchev–Trinajstić information content (AvgIpc) is 2.77. The van der Waals surface area contributed by atoms with Gasteiger partial charge in [-0.25, -0.2) is 0 Å². The molecule has 0 fully saturated rings. The molecule has 0 atom stereocenters. The van der Waals surface area contributed by atoms with E-state index in [0.29, 0.717) is 5.54 Å². The number of unbranched alkanes of at least 4 members (excludes halogenated alkanes) is 16. The van der Waals surface area contributed by atoms with Crippen LogP contribution in [0.2, 0.25) is 0 Å². The van der Waals surface area contributed by atoms with Gasteiger partial charge in [-0.3, -0.25) is 0 Å². The fourth-order valence-electron chi connectivity index (χ4n) is 5.80. The first-order valence-electron chi connectivity index (χ1n) is 15.3. The van der Waals surface area contributed by atoms with Crippen LogP contribution in [0, 0.1) is 0 Å². The molecule has 0 saturated heterocycles. The Bertz CT molecular complexity index is 343. The predicted molar refractivity (Wildman–Crippen MR) is 149 cm³/mol. The molecule has 0 spiro atoms. The van der Waals surface area contributed by atoms with Crippen LogP contribution in [0.25, 0.3) is 0 Å². The lowest BCUT2D eigenvalue weighted by molar-refractivity contribution is -0.944. The van der Waals surface area contributed by atoms with Crippen LogP contribution < -0.4 is 17.0 Å². The second-order valence-electron chi connectivity index (χ2n) is 11.5. The van der Waals surface area contributed by atoms with Gasteiger partial charge in [0.25, 0.3) is 0 Å². The molecule has 33 heavy (non-hydrogen) atoms. The van der Waals surface area contributed by atoms with Crippen molar-refractivity contribution in [1.29, 1.82) is 0 Å². The highest BCUT2D eigenvalue weighted by atomic mass is 79.9. The van der Waals surface area contributed by atoms with E-state index in [2.05, 4.69) is 41.8 Å². The van der Waals surface area contributed by atoms with E-state index in [4.69, 9.17) is 0 Å². The van der Waals surface area contributed by atoms with Gasteiger partial charge in [0.05, 0.1) is 26.2 Å². The number of quaternary nitrogens is 1. The Hall–Kier alpha value is 0.440. The van der Waals surface area contributed by atoms with Gasteiger partial charge in [0, 0.05) is 19.3 Å². The Morgan fingerprint density at radius 3 is 0.970 bits per heavy atom. The molecule has 0 bridgehead atoms. The van der Waals surface area contributed by atoms with Crippen molar-refractivity contribution >= 4 is 0 Å². The van der Waals surface area contributed by atoms with Crippen molar-refractivity contribution in [3.05, 3.63) is 0 Å². The van der Waals surface area contributed by atoms with Gasteiger partial charge in [0.1, 0.15) is 0 Å². The molecule has 0 aliphatic rings. The van der Waals surface area contributed by atoms with E-state index in [0.717, 1.165) is 0 Å². The van der Waals surface area contributed by atoms with Crippen molar-refractivity contribution in [1.82, 2.24) is 0 Å². The quantitative estimate of drug-likeness (QED) is 0.0829. The molecule has 0 heterocycles. The second kappa shape index (κ2) is 24.1. The lowest BCUT2D eigenvalue weighted by Gasteiger charge is -2.50. The van der Waals surface area contributed by atoms with Crippen LogP contribution in [-0.4, -0.2) is 30.7 Å². The summed E-state index contributed by atoms with van der Waals surface area (Å²) in [7, 11) is 5.23. The van der Waals surface area contributed by atoms with Crippen molar-refractivity contribution in [2.45, 2.75) is 181 Å². The Kier molecular flexibility index (Phi) is 26.1. The van der Waals surface area contributed by atoms with Gasteiger partial charge in [-0.15, -0.1) is 0 Å². The maximum atomic E-state index is 2.62. The highest BCUT2D eigenvalue weighted by Crippen LogP contribution is 2.38. The number of hydrogen-bond donors (Lipinski definition) is 0. The molecule has 0 aliphatic heterocycles. The van der Waals surface area contributed by atoms with Crippen LogP contribution in [0.15, 0.2) is 0 Å². The van der Waals surface area contributed by atoms with Crippen LogP contribution in [0.5, 0.6) is 0 Å². The minimum atomic E-state index is 0. The first-order chi connectivity index (χ1) is 15.5. The van der Waals surface area contributed by atoms with Crippen molar-refractivity contribution < 1.29 is 21.5 Å². The van der Waals surface area contributed by atoms with Crippen LogP contribution in [0.4, 0.5) is 0 Å². The molecular formula is C31H66BrN. The third kappa shape index (κ3) is 17.5. The van der Waals surface area contributed by atoms with Crippen molar-refractivity contribution in [2.24, 2.45) is 0 Å². The summed E-state index contributed by atoms with van der Waals surface area (Å²) in [6.07, 6.45) is 33.0. The fourth-order valence-corrected chi connectivity index (χ4v) is 5.80. The van der Waals surface area contributed by atoms with Crippen molar-refractivity contribution in [3.63, 3.8) is 0 Å². The van der Waals surface area contributed by atoms with E-state index in [1.165, 1.54) is 159 Å². The van der Waals surface area contributed by atoms with E-state index >= 15 is 0 Å². The first-order valence-corrected chi connectivity index (χ1v) is 15.3. The predicted octanol–water partition coefficient (Wildman–Crippen LogP) is 7.86. The molecule has 0 N–H and O–H groups in total. The molecule has 0 amide bonds. The number of halogens is 1. The molecule has 0 aromatic heterocycles. The van der Waals surface area contributed by atoms with Gasteiger partial charge >= 0.3 is 0 Å².